The van der Waals surface area contributed by atoms with Gasteiger partial charge in [-0.1, -0.05) is 18.3 Å². The average molecular weight is 361 g/mol. The summed E-state index contributed by atoms with van der Waals surface area (Å²) in [6.07, 6.45) is 2.29. The Bertz CT molecular complexity index is 638. The van der Waals surface area contributed by atoms with Gasteiger partial charge in [0, 0.05) is 19.5 Å². The molecule has 0 bridgehead atoms. The quantitative estimate of drug-likeness (QED) is 0.730. The molecule has 1 saturated heterocycles. The molecule has 1 aromatic heterocycles. The third kappa shape index (κ3) is 5.20. The molecule has 0 spiro atoms. The number of amides is 1. The average Bonchev–Trinajstić information content (AvgIpc) is 2.94. The molecule has 1 atom stereocenters. The highest BCUT2D eigenvalue weighted by molar-refractivity contribution is 7.91. The molecule has 2 heterocycles. The Kier molecular flexibility index (Phi) is 6.06. The molecule has 1 amide bonds. The van der Waals surface area contributed by atoms with Crippen molar-refractivity contribution >= 4 is 32.4 Å². The first kappa shape index (κ1) is 18.2. The molecule has 1 unspecified atom stereocenters. The predicted octanol–water partition coefficient (Wildman–Crippen LogP) is 0.895. The van der Waals surface area contributed by atoms with Crippen molar-refractivity contribution in [1.82, 2.24) is 19.8 Å². The van der Waals surface area contributed by atoms with Crippen LogP contribution in [0.4, 0.5) is 5.13 Å². The third-order valence-electron chi connectivity index (χ3n) is 3.93. The molecule has 2 rings (SSSR count). The molecule has 8 nitrogen and oxygen atoms in total. The summed E-state index contributed by atoms with van der Waals surface area (Å²) in [6.45, 7) is 7.90. The topological polar surface area (TPSA) is 104 Å². The number of likely N-dealkylation sites (tertiary alicyclic amines) is 1. The van der Waals surface area contributed by atoms with Crippen molar-refractivity contribution < 1.29 is 13.2 Å². The van der Waals surface area contributed by atoms with Crippen molar-refractivity contribution in [2.24, 2.45) is 5.92 Å². The van der Waals surface area contributed by atoms with Crippen molar-refractivity contribution in [2.45, 2.75) is 44.0 Å². The van der Waals surface area contributed by atoms with Crippen LogP contribution < -0.4 is 10.0 Å². The molecule has 0 saturated carbocycles. The number of nitrogens with one attached hydrogen (secondary N) is 2. The Balaban J connectivity index is 1.90. The minimum Gasteiger partial charge on any atom is -0.301 e. The molecular formula is C13H23N5O3S2. The van der Waals surface area contributed by atoms with Gasteiger partial charge in [-0.05, 0) is 38.8 Å². The van der Waals surface area contributed by atoms with Crippen molar-refractivity contribution in [3.05, 3.63) is 0 Å². The summed E-state index contributed by atoms with van der Waals surface area (Å²) in [4.78, 5) is 13.2. The zero-order valence-corrected chi connectivity index (χ0v) is 15.2. The second kappa shape index (κ2) is 7.65. The van der Waals surface area contributed by atoms with E-state index in [2.05, 4.69) is 32.1 Å². The number of hydrogen-bond acceptors (Lipinski definition) is 7. The van der Waals surface area contributed by atoms with E-state index in [4.69, 9.17) is 0 Å². The third-order valence-corrected chi connectivity index (χ3v) is 6.56. The number of sulfonamides is 1. The first-order valence-electron chi connectivity index (χ1n) is 7.62. The standard InChI is InChI=1S/C13H23N5O3S2/c1-9-4-6-18(7-5-9)10(2)8-14-23(20,21)13-17-16-12(22-13)15-11(3)19/h9-10,14H,4-8H2,1-3H3,(H,15,16,19). The van der Waals surface area contributed by atoms with Crippen LogP contribution in [0.1, 0.15) is 33.6 Å². The highest BCUT2D eigenvalue weighted by Gasteiger charge is 2.24. The summed E-state index contributed by atoms with van der Waals surface area (Å²) in [5.74, 6) is 0.426. The van der Waals surface area contributed by atoms with Crippen LogP contribution in [0.3, 0.4) is 0 Å². The maximum Gasteiger partial charge on any atom is 0.269 e. The second-order valence-electron chi connectivity index (χ2n) is 5.97. The molecule has 2 N–H and O–H groups in total. The molecule has 1 aliphatic heterocycles. The van der Waals surface area contributed by atoms with Gasteiger partial charge in [0.1, 0.15) is 0 Å². The summed E-state index contributed by atoms with van der Waals surface area (Å²) in [5, 5.41) is 9.89. The molecule has 0 aliphatic carbocycles. The van der Waals surface area contributed by atoms with Crippen molar-refractivity contribution in [1.29, 1.82) is 0 Å². The van der Waals surface area contributed by atoms with Gasteiger partial charge in [-0.15, -0.1) is 10.2 Å². The van der Waals surface area contributed by atoms with Crippen molar-refractivity contribution in [3.8, 4) is 0 Å². The van der Waals surface area contributed by atoms with Crippen LogP contribution in [-0.4, -0.2) is 55.1 Å². The van der Waals surface area contributed by atoms with Crippen molar-refractivity contribution in [2.75, 3.05) is 25.0 Å². The summed E-state index contributed by atoms with van der Waals surface area (Å²) in [5.41, 5.74) is 0. The summed E-state index contributed by atoms with van der Waals surface area (Å²) >= 11 is 0.837. The fourth-order valence-electron chi connectivity index (χ4n) is 2.41. The van der Waals surface area contributed by atoms with Crippen LogP contribution >= 0.6 is 11.3 Å². The first-order valence-corrected chi connectivity index (χ1v) is 9.92. The van der Waals surface area contributed by atoms with Gasteiger partial charge in [0.25, 0.3) is 10.0 Å². The van der Waals surface area contributed by atoms with Crippen LogP contribution in [0.2, 0.25) is 0 Å². The molecule has 0 aromatic carbocycles. The second-order valence-corrected chi connectivity index (χ2v) is 8.89. The number of carbonyl (C=O) groups excluding carboxylic acids is 1. The van der Waals surface area contributed by atoms with Crippen LogP contribution in [0.25, 0.3) is 0 Å². The number of carbonyl (C=O) groups is 1. The van der Waals surface area contributed by atoms with Gasteiger partial charge in [-0.25, -0.2) is 13.1 Å². The summed E-state index contributed by atoms with van der Waals surface area (Å²) in [7, 11) is -3.70. The van der Waals surface area contributed by atoms with E-state index >= 15 is 0 Å². The smallest absolute Gasteiger partial charge is 0.269 e. The van der Waals surface area contributed by atoms with E-state index in [-0.39, 0.29) is 21.4 Å². The number of rotatable bonds is 6. The number of hydrogen-bond donors (Lipinski definition) is 2. The first-order chi connectivity index (χ1) is 10.8. The molecule has 0 radical (unpaired) electrons. The highest BCUT2D eigenvalue weighted by atomic mass is 32.2. The zero-order chi connectivity index (χ0) is 17.0. The minimum atomic E-state index is -3.70. The summed E-state index contributed by atoms with van der Waals surface area (Å²) in [6, 6.07) is 0.125. The highest BCUT2D eigenvalue weighted by Crippen LogP contribution is 2.20. The van der Waals surface area contributed by atoms with E-state index in [1.165, 1.54) is 6.92 Å². The number of anilines is 1. The van der Waals surface area contributed by atoms with Gasteiger partial charge in [0.05, 0.1) is 0 Å². The van der Waals surface area contributed by atoms with Crippen LogP contribution in [0.5, 0.6) is 0 Å². The van der Waals surface area contributed by atoms with E-state index < -0.39 is 10.0 Å². The van der Waals surface area contributed by atoms with Crippen LogP contribution in [0, 0.1) is 5.92 Å². The Morgan fingerprint density at radius 3 is 2.65 bits per heavy atom. The minimum absolute atomic E-state index is 0.125. The molecule has 10 heteroatoms. The molecule has 23 heavy (non-hydrogen) atoms. The fraction of sp³-hybridized carbons (Fsp3) is 0.769. The molecule has 1 fully saturated rings. The molecule has 1 aromatic rings. The summed E-state index contributed by atoms with van der Waals surface area (Å²) < 4.78 is 26.9. The maximum absolute atomic E-state index is 12.2. The Morgan fingerprint density at radius 1 is 1.39 bits per heavy atom. The normalized spacial score (nSPS) is 18.7. The number of piperidine rings is 1. The van der Waals surface area contributed by atoms with Gasteiger partial charge in [0.2, 0.25) is 15.4 Å². The lowest BCUT2D eigenvalue weighted by molar-refractivity contribution is -0.114. The lowest BCUT2D eigenvalue weighted by Crippen LogP contribution is -2.45. The van der Waals surface area contributed by atoms with Gasteiger partial charge in [-0.2, -0.15) is 0 Å². The predicted molar refractivity (Wildman–Crippen MR) is 88.8 cm³/mol. The molecular weight excluding hydrogens is 338 g/mol. The lowest BCUT2D eigenvalue weighted by Gasteiger charge is -2.34. The Labute approximate surface area is 140 Å². The Hall–Kier alpha value is -1.10. The van der Waals surface area contributed by atoms with Crippen LogP contribution in [-0.2, 0) is 14.8 Å². The monoisotopic (exact) mass is 361 g/mol. The maximum atomic E-state index is 12.2. The van der Waals surface area contributed by atoms with E-state index in [9.17, 15) is 13.2 Å². The zero-order valence-electron chi connectivity index (χ0n) is 13.6. The lowest BCUT2D eigenvalue weighted by atomic mass is 9.98. The van der Waals surface area contributed by atoms with Gasteiger partial charge >= 0.3 is 0 Å². The molecule has 130 valence electrons. The number of aromatic nitrogens is 2. The van der Waals surface area contributed by atoms with Gasteiger partial charge < -0.3 is 5.32 Å². The van der Waals surface area contributed by atoms with Gasteiger partial charge in [-0.3, -0.25) is 9.69 Å². The Morgan fingerprint density at radius 2 is 2.04 bits per heavy atom. The van der Waals surface area contributed by atoms with Crippen LogP contribution in [0.15, 0.2) is 4.34 Å². The SMILES string of the molecule is CC(=O)Nc1nnc(S(=O)(=O)NCC(C)N2CCC(C)CC2)s1. The van der Waals surface area contributed by atoms with E-state index in [0.29, 0.717) is 6.54 Å². The van der Waals surface area contributed by atoms with Crippen molar-refractivity contribution in [3.63, 3.8) is 0 Å². The van der Waals surface area contributed by atoms with Gasteiger partial charge in [0.15, 0.2) is 0 Å². The van der Waals surface area contributed by atoms with E-state index in [1.54, 1.807) is 0 Å². The van der Waals surface area contributed by atoms with E-state index in [1.807, 2.05) is 6.92 Å². The fourth-order valence-corrected chi connectivity index (χ4v) is 4.52. The number of nitrogens with zero attached hydrogens (tertiary/aromatic N) is 3. The molecule has 1 aliphatic rings. The largest absolute Gasteiger partial charge is 0.301 e. The van der Waals surface area contributed by atoms with E-state index in [0.717, 1.165) is 43.2 Å².